The largest absolute Gasteiger partial charge is 0.465 e. The molecule has 1 fully saturated rings. The van der Waals surface area contributed by atoms with E-state index in [2.05, 4.69) is 37.5 Å². The standard InChI is InChI=1S/C56H110N2O5/c1-5-9-13-17-19-21-23-25-27-31-38-52(36-29-15-11-7-3)50-62-55(60)42-34-44-57(46-47-58(48-49-59)54-40-33-41-54)45-35-43-56(61)63-51-53(37-30-16-12-8-4)39-32-28-26-24-22-20-18-14-10-6-2/h52-54,59H,5-51H2,1-4H3. The summed E-state index contributed by atoms with van der Waals surface area (Å²) in [6.07, 6.45) is 48.0. The van der Waals surface area contributed by atoms with Gasteiger partial charge in [0.05, 0.1) is 19.8 Å². The normalized spacial score (nSPS) is 14.1. The van der Waals surface area contributed by atoms with Crippen molar-refractivity contribution in [3.05, 3.63) is 0 Å². The van der Waals surface area contributed by atoms with E-state index in [1.807, 2.05) is 0 Å². The van der Waals surface area contributed by atoms with E-state index in [1.54, 1.807) is 0 Å². The molecular weight excluding hydrogens is 781 g/mol. The van der Waals surface area contributed by atoms with Gasteiger partial charge in [-0.3, -0.25) is 14.5 Å². The van der Waals surface area contributed by atoms with E-state index in [4.69, 9.17) is 9.47 Å². The highest BCUT2D eigenvalue weighted by Crippen LogP contribution is 2.25. The van der Waals surface area contributed by atoms with Crippen LogP contribution in [0.15, 0.2) is 0 Å². The molecule has 1 N–H and O–H groups in total. The van der Waals surface area contributed by atoms with Crippen LogP contribution in [0, 0.1) is 11.8 Å². The summed E-state index contributed by atoms with van der Waals surface area (Å²) < 4.78 is 11.9. The van der Waals surface area contributed by atoms with Crippen LogP contribution in [-0.4, -0.2) is 85.4 Å². The van der Waals surface area contributed by atoms with Crippen LogP contribution in [0.1, 0.15) is 278 Å². The second kappa shape index (κ2) is 46.0. The maximum atomic E-state index is 13.1. The van der Waals surface area contributed by atoms with Gasteiger partial charge in [-0.1, -0.05) is 214 Å². The fourth-order valence-electron chi connectivity index (χ4n) is 9.60. The molecule has 1 rings (SSSR count). The van der Waals surface area contributed by atoms with Crippen molar-refractivity contribution >= 4 is 11.9 Å². The Bertz CT molecular complexity index is 913. The molecule has 0 radical (unpaired) electrons. The molecule has 1 aliphatic rings. The number of rotatable bonds is 50. The molecule has 1 aliphatic carbocycles. The molecule has 0 bridgehead atoms. The summed E-state index contributed by atoms with van der Waals surface area (Å²) in [6, 6.07) is 0.578. The van der Waals surface area contributed by atoms with E-state index in [-0.39, 0.29) is 18.5 Å². The predicted octanol–water partition coefficient (Wildman–Crippen LogP) is 15.6. The Morgan fingerprint density at radius 2 is 0.778 bits per heavy atom. The molecule has 63 heavy (non-hydrogen) atoms. The number of carbonyl (C=O) groups excluding carboxylic acids is 2. The van der Waals surface area contributed by atoms with Gasteiger partial charge in [-0.05, 0) is 76.3 Å². The minimum Gasteiger partial charge on any atom is -0.465 e. The molecule has 0 aliphatic heterocycles. The fourth-order valence-corrected chi connectivity index (χ4v) is 9.60. The molecule has 0 spiro atoms. The first kappa shape index (κ1) is 59.8. The molecule has 0 saturated heterocycles. The van der Waals surface area contributed by atoms with Gasteiger partial charge in [-0.15, -0.1) is 0 Å². The smallest absolute Gasteiger partial charge is 0.305 e. The van der Waals surface area contributed by atoms with Crippen LogP contribution in [0.5, 0.6) is 0 Å². The molecule has 2 atom stereocenters. The Morgan fingerprint density at radius 3 is 1.10 bits per heavy atom. The first-order valence-corrected chi connectivity index (χ1v) is 28.4. The Morgan fingerprint density at radius 1 is 0.444 bits per heavy atom. The zero-order valence-electron chi connectivity index (χ0n) is 42.9. The van der Waals surface area contributed by atoms with Gasteiger partial charge in [0.1, 0.15) is 0 Å². The van der Waals surface area contributed by atoms with E-state index in [0.29, 0.717) is 50.5 Å². The van der Waals surface area contributed by atoms with Crippen molar-refractivity contribution in [2.75, 3.05) is 52.5 Å². The first-order chi connectivity index (χ1) is 31.0. The van der Waals surface area contributed by atoms with E-state index >= 15 is 0 Å². The van der Waals surface area contributed by atoms with Crippen molar-refractivity contribution in [1.82, 2.24) is 9.80 Å². The highest BCUT2D eigenvalue weighted by molar-refractivity contribution is 5.69. The summed E-state index contributed by atoms with van der Waals surface area (Å²) >= 11 is 0. The lowest BCUT2D eigenvalue weighted by atomic mass is 9.91. The lowest BCUT2D eigenvalue weighted by molar-refractivity contribution is -0.146. The third-order valence-corrected chi connectivity index (χ3v) is 14.2. The van der Waals surface area contributed by atoms with Gasteiger partial charge in [0.2, 0.25) is 0 Å². The summed E-state index contributed by atoms with van der Waals surface area (Å²) in [5.74, 6) is 0.851. The summed E-state index contributed by atoms with van der Waals surface area (Å²) in [7, 11) is 0. The van der Waals surface area contributed by atoms with Gasteiger partial charge in [-0.2, -0.15) is 0 Å². The average molecular weight is 892 g/mol. The van der Waals surface area contributed by atoms with Gasteiger partial charge >= 0.3 is 11.9 Å². The molecule has 1 saturated carbocycles. The van der Waals surface area contributed by atoms with Crippen molar-refractivity contribution in [2.24, 2.45) is 11.8 Å². The van der Waals surface area contributed by atoms with Crippen molar-refractivity contribution in [3.63, 3.8) is 0 Å². The van der Waals surface area contributed by atoms with E-state index in [9.17, 15) is 14.7 Å². The average Bonchev–Trinajstić information content (AvgIpc) is 3.26. The monoisotopic (exact) mass is 891 g/mol. The Hall–Kier alpha value is -1.18. The van der Waals surface area contributed by atoms with Gasteiger partial charge in [-0.25, -0.2) is 0 Å². The Labute approximate surface area is 393 Å². The quantitative estimate of drug-likeness (QED) is 0.0481. The molecule has 374 valence electrons. The van der Waals surface area contributed by atoms with Crippen LogP contribution in [-0.2, 0) is 19.1 Å². The second-order valence-corrected chi connectivity index (χ2v) is 20.1. The second-order valence-electron chi connectivity index (χ2n) is 20.1. The predicted molar refractivity (Wildman–Crippen MR) is 271 cm³/mol. The van der Waals surface area contributed by atoms with Crippen LogP contribution in [0.4, 0.5) is 0 Å². The zero-order valence-corrected chi connectivity index (χ0v) is 42.9. The third-order valence-electron chi connectivity index (χ3n) is 14.2. The van der Waals surface area contributed by atoms with E-state index in [0.717, 1.165) is 39.0 Å². The molecule has 7 heteroatoms. The van der Waals surface area contributed by atoms with Gasteiger partial charge in [0.15, 0.2) is 0 Å². The summed E-state index contributed by atoms with van der Waals surface area (Å²) in [5, 5.41) is 9.78. The van der Waals surface area contributed by atoms with Crippen molar-refractivity contribution in [3.8, 4) is 0 Å². The van der Waals surface area contributed by atoms with Crippen LogP contribution in [0.25, 0.3) is 0 Å². The summed E-state index contributed by atoms with van der Waals surface area (Å²) in [5.41, 5.74) is 0. The van der Waals surface area contributed by atoms with Crippen LogP contribution >= 0.6 is 0 Å². The van der Waals surface area contributed by atoms with Crippen molar-refractivity contribution in [1.29, 1.82) is 0 Å². The Kier molecular flexibility index (Phi) is 43.6. The number of esters is 2. The molecule has 0 aromatic heterocycles. The number of aliphatic hydroxyl groups is 1. The van der Waals surface area contributed by atoms with E-state index < -0.39 is 0 Å². The SMILES string of the molecule is CCCCCCCCCCCCC(CCCCCC)COC(=O)CCCN(CCCC(=O)OCC(CCCCCC)CCCCCCCCCCCC)CCN(CCO)C1CCC1. The number of ether oxygens (including phenoxy) is 2. The summed E-state index contributed by atoms with van der Waals surface area (Å²) in [6.45, 7) is 14.6. The number of aliphatic hydroxyl groups excluding tert-OH is 1. The van der Waals surface area contributed by atoms with Crippen LogP contribution < -0.4 is 0 Å². The zero-order chi connectivity index (χ0) is 45.7. The molecule has 7 nitrogen and oxygen atoms in total. The number of hydrogen-bond donors (Lipinski definition) is 1. The lowest BCUT2D eigenvalue weighted by Gasteiger charge is -2.38. The highest BCUT2D eigenvalue weighted by Gasteiger charge is 2.25. The maximum Gasteiger partial charge on any atom is 0.305 e. The first-order valence-electron chi connectivity index (χ1n) is 28.4. The third kappa shape index (κ3) is 37.6. The fraction of sp³-hybridized carbons (Fsp3) is 0.964. The molecule has 0 amide bonds. The minimum atomic E-state index is -0.0569. The lowest BCUT2D eigenvalue weighted by Crippen LogP contribution is -2.46. The van der Waals surface area contributed by atoms with Crippen LogP contribution in [0.2, 0.25) is 0 Å². The summed E-state index contributed by atoms with van der Waals surface area (Å²) in [4.78, 5) is 31.1. The molecule has 0 aromatic rings. The van der Waals surface area contributed by atoms with Crippen molar-refractivity contribution in [2.45, 2.75) is 284 Å². The van der Waals surface area contributed by atoms with Gasteiger partial charge < -0.3 is 19.5 Å². The van der Waals surface area contributed by atoms with Gasteiger partial charge in [0.25, 0.3) is 0 Å². The number of nitrogens with zero attached hydrogens (tertiary/aromatic N) is 2. The van der Waals surface area contributed by atoms with Crippen LogP contribution in [0.3, 0.4) is 0 Å². The molecule has 2 unspecified atom stereocenters. The van der Waals surface area contributed by atoms with Crippen molar-refractivity contribution < 1.29 is 24.2 Å². The molecular formula is C56H110N2O5. The Balaban J connectivity index is 2.57. The number of unbranched alkanes of at least 4 members (excludes halogenated alkanes) is 24. The topological polar surface area (TPSA) is 79.3 Å². The number of hydrogen-bond acceptors (Lipinski definition) is 7. The van der Waals surface area contributed by atoms with E-state index in [1.165, 1.54) is 225 Å². The number of carbonyl (C=O) groups is 2. The molecule has 0 heterocycles. The minimum absolute atomic E-state index is 0.0569. The maximum absolute atomic E-state index is 13.1. The highest BCUT2D eigenvalue weighted by atomic mass is 16.5. The van der Waals surface area contributed by atoms with Gasteiger partial charge in [0, 0.05) is 38.5 Å². The molecule has 0 aromatic carbocycles.